The van der Waals surface area contributed by atoms with Crippen molar-refractivity contribution in [3.05, 3.63) is 71.3 Å². The van der Waals surface area contributed by atoms with Crippen LogP contribution in [0.3, 0.4) is 0 Å². The zero-order chi connectivity index (χ0) is 19.7. The van der Waals surface area contributed by atoms with E-state index in [4.69, 9.17) is 4.74 Å². The van der Waals surface area contributed by atoms with Crippen LogP contribution in [0.5, 0.6) is 5.75 Å². The Morgan fingerprint density at radius 2 is 2.11 bits per heavy atom. The molecule has 0 spiro atoms. The van der Waals surface area contributed by atoms with E-state index in [9.17, 15) is 4.39 Å². The van der Waals surface area contributed by atoms with Gasteiger partial charge in [0.15, 0.2) is 0 Å². The van der Waals surface area contributed by atoms with Crippen molar-refractivity contribution in [3.63, 3.8) is 0 Å². The Kier molecular flexibility index (Phi) is 5.31. The smallest absolute Gasteiger partial charge is 0.123 e. The van der Waals surface area contributed by atoms with Gasteiger partial charge in [-0.15, -0.1) is 11.8 Å². The number of rotatable bonds is 4. The number of anilines is 1. The Balaban J connectivity index is 1.69. The maximum Gasteiger partial charge on any atom is 0.123 e. The van der Waals surface area contributed by atoms with Gasteiger partial charge >= 0.3 is 0 Å². The Morgan fingerprint density at radius 3 is 2.82 bits per heavy atom. The summed E-state index contributed by atoms with van der Waals surface area (Å²) >= 11 is 1.78. The van der Waals surface area contributed by atoms with Crippen LogP contribution in [-0.4, -0.2) is 23.4 Å². The predicted octanol–water partition coefficient (Wildman–Crippen LogP) is 5.12. The molecule has 2 heterocycles. The van der Waals surface area contributed by atoms with Gasteiger partial charge in [-0.05, 0) is 49.2 Å². The summed E-state index contributed by atoms with van der Waals surface area (Å²) in [6.45, 7) is 3.79. The van der Waals surface area contributed by atoms with Crippen LogP contribution in [0.2, 0.25) is 0 Å². The second-order valence-electron chi connectivity index (χ2n) is 7.08. The molecule has 0 bridgehead atoms. The molecule has 0 saturated heterocycles. The number of ether oxygens (including phenoxy) is 1. The number of methoxy groups -OCH3 is 1. The van der Waals surface area contributed by atoms with E-state index in [1.165, 1.54) is 23.0 Å². The summed E-state index contributed by atoms with van der Waals surface area (Å²) < 4.78 is 21.2. The standard InChI is InChI=1S/C22H24FN3OS/c1-15-17(13-24-25(15)2)14-26-10-9-21(16-5-4-6-18(23)11-16)28-22-12-19(27-3)7-8-20(22)26/h4-8,11-13,21H,9-10,14H2,1-3H3/t21-/m0/s1. The maximum atomic E-state index is 13.8. The highest BCUT2D eigenvalue weighted by Crippen LogP contribution is 2.46. The van der Waals surface area contributed by atoms with Crippen molar-refractivity contribution >= 4 is 17.4 Å². The van der Waals surface area contributed by atoms with Crippen LogP contribution in [-0.2, 0) is 13.6 Å². The van der Waals surface area contributed by atoms with E-state index >= 15 is 0 Å². The van der Waals surface area contributed by atoms with Crippen LogP contribution in [0.25, 0.3) is 0 Å². The second-order valence-corrected chi connectivity index (χ2v) is 8.33. The van der Waals surface area contributed by atoms with Crippen molar-refractivity contribution in [1.82, 2.24) is 9.78 Å². The molecule has 1 aliphatic rings. The van der Waals surface area contributed by atoms with Gasteiger partial charge in [0, 0.05) is 41.5 Å². The molecule has 146 valence electrons. The number of hydrogen-bond acceptors (Lipinski definition) is 4. The molecule has 0 amide bonds. The van der Waals surface area contributed by atoms with Crippen LogP contribution in [0.1, 0.15) is 28.5 Å². The summed E-state index contributed by atoms with van der Waals surface area (Å²) in [7, 11) is 3.65. The molecule has 1 aliphatic heterocycles. The van der Waals surface area contributed by atoms with Gasteiger partial charge < -0.3 is 9.64 Å². The fourth-order valence-electron chi connectivity index (χ4n) is 3.59. The van der Waals surface area contributed by atoms with Crippen LogP contribution in [0, 0.1) is 12.7 Å². The number of nitrogens with zero attached hydrogens (tertiary/aromatic N) is 3. The zero-order valence-electron chi connectivity index (χ0n) is 16.4. The van der Waals surface area contributed by atoms with Crippen LogP contribution < -0.4 is 9.64 Å². The zero-order valence-corrected chi connectivity index (χ0v) is 17.2. The maximum absolute atomic E-state index is 13.8. The third kappa shape index (κ3) is 3.74. The lowest BCUT2D eigenvalue weighted by Gasteiger charge is -2.24. The van der Waals surface area contributed by atoms with Gasteiger partial charge in [-0.1, -0.05) is 12.1 Å². The molecule has 1 atom stereocenters. The van der Waals surface area contributed by atoms with Crippen molar-refractivity contribution in [1.29, 1.82) is 0 Å². The number of benzene rings is 2. The van der Waals surface area contributed by atoms with Gasteiger partial charge in [0.05, 0.1) is 19.0 Å². The normalized spacial score (nSPS) is 16.6. The molecule has 28 heavy (non-hydrogen) atoms. The van der Waals surface area contributed by atoms with E-state index in [0.717, 1.165) is 35.7 Å². The molecule has 3 aromatic rings. The number of aromatic nitrogens is 2. The van der Waals surface area contributed by atoms with Crippen molar-refractivity contribution in [2.45, 2.75) is 30.0 Å². The van der Waals surface area contributed by atoms with Crippen molar-refractivity contribution in [2.24, 2.45) is 7.05 Å². The quantitative estimate of drug-likeness (QED) is 0.611. The van der Waals surface area contributed by atoms with Gasteiger partial charge in [0.25, 0.3) is 0 Å². The van der Waals surface area contributed by atoms with Crippen LogP contribution in [0.4, 0.5) is 10.1 Å². The van der Waals surface area contributed by atoms with Crippen LogP contribution in [0.15, 0.2) is 53.6 Å². The third-order valence-electron chi connectivity index (χ3n) is 5.36. The lowest BCUT2D eigenvalue weighted by Crippen LogP contribution is -2.24. The van der Waals surface area contributed by atoms with Crippen molar-refractivity contribution < 1.29 is 9.13 Å². The van der Waals surface area contributed by atoms with E-state index < -0.39 is 0 Å². The average molecular weight is 398 g/mol. The van der Waals surface area contributed by atoms with E-state index in [-0.39, 0.29) is 11.1 Å². The minimum atomic E-state index is -0.184. The Bertz CT molecular complexity index is 988. The molecule has 2 aromatic carbocycles. The summed E-state index contributed by atoms with van der Waals surface area (Å²) in [5, 5.41) is 4.58. The summed E-state index contributed by atoms with van der Waals surface area (Å²) in [6, 6.07) is 13.2. The molecule has 0 unspecified atom stereocenters. The first-order chi connectivity index (χ1) is 13.5. The first-order valence-corrected chi connectivity index (χ1v) is 10.3. The molecule has 0 N–H and O–H groups in total. The molecule has 4 rings (SSSR count). The fraction of sp³-hybridized carbons (Fsp3) is 0.318. The summed E-state index contributed by atoms with van der Waals surface area (Å²) in [5.74, 6) is 0.653. The van der Waals surface area contributed by atoms with Gasteiger partial charge in [0.1, 0.15) is 11.6 Å². The lowest BCUT2D eigenvalue weighted by atomic mass is 10.1. The fourth-order valence-corrected chi connectivity index (χ4v) is 4.91. The van der Waals surface area contributed by atoms with Gasteiger partial charge in [-0.25, -0.2) is 4.39 Å². The molecule has 0 radical (unpaired) electrons. The summed E-state index contributed by atoms with van der Waals surface area (Å²) in [4.78, 5) is 3.55. The Labute approximate surface area is 169 Å². The molecule has 6 heteroatoms. The second kappa shape index (κ2) is 7.87. The Morgan fingerprint density at radius 1 is 1.25 bits per heavy atom. The summed E-state index contributed by atoms with van der Waals surface area (Å²) in [6.07, 6.45) is 2.88. The monoisotopic (exact) mass is 397 g/mol. The Hall–Kier alpha value is -2.47. The van der Waals surface area contributed by atoms with Gasteiger partial charge in [0.2, 0.25) is 0 Å². The van der Waals surface area contributed by atoms with Crippen LogP contribution >= 0.6 is 11.8 Å². The molecule has 1 aromatic heterocycles. The first kappa shape index (κ1) is 18.9. The highest BCUT2D eigenvalue weighted by molar-refractivity contribution is 7.99. The van der Waals surface area contributed by atoms with Crippen molar-refractivity contribution in [2.75, 3.05) is 18.6 Å². The molecular formula is C22H24FN3OS. The summed E-state index contributed by atoms with van der Waals surface area (Å²) in [5.41, 5.74) is 4.61. The van der Waals surface area contributed by atoms with E-state index in [1.54, 1.807) is 31.0 Å². The first-order valence-electron chi connectivity index (χ1n) is 9.37. The van der Waals surface area contributed by atoms with E-state index in [0.29, 0.717) is 0 Å². The van der Waals surface area contributed by atoms with E-state index in [1.807, 2.05) is 30.1 Å². The predicted molar refractivity (Wildman–Crippen MR) is 112 cm³/mol. The molecule has 0 fully saturated rings. The highest BCUT2D eigenvalue weighted by atomic mass is 32.2. The van der Waals surface area contributed by atoms with Crippen molar-refractivity contribution in [3.8, 4) is 5.75 Å². The van der Waals surface area contributed by atoms with E-state index in [2.05, 4.69) is 29.1 Å². The van der Waals surface area contributed by atoms with Gasteiger partial charge in [-0.2, -0.15) is 5.10 Å². The lowest BCUT2D eigenvalue weighted by molar-refractivity contribution is 0.413. The number of hydrogen-bond donors (Lipinski definition) is 0. The SMILES string of the molecule is COc1ccc2c(c1)S[C@H](c1cccc(F)c1)CCN2Cc1cnn(C)c1C. The number of fused-ring (bicyclic) bond motifs is 1. The highest BCUT2D eigenvalue weighted by Gasteiger charge is 2.25. The van der Waals surface area contributed by atoms with Gasteiger partial charge in [-0.3, -0.25) is 4.68 Å². The average Bonchev–Trinajstić information content (AvgIpc) is 2.91. The number of thioether (sulfide) groups is 1. The molecule has 0 saturated carbocycles. The molecular weight excluding hydrogens is 373 g/mol. The molecule has 4 nitrogen and oxygen atoms in total. The third-order valence-corrected chi connectivity index (χ3v) is 6.73. The largest absolute Gasteiger partial charge is 0.497 e. The number of aryl methyl sites for hydroxylation is 1. The topological polar surface area (TPSA) is 30.3 Å². The minimum absolute atomic E-state index is 0.184. The minimum Gasteiger partial charge on any atom is -0.497 e. The molecule has 0 aliphatic carbocycles. The number of halogens is 1.